The van der Waals surface area contributed by atoms with E-state index in [1.54, 1.807) is 0 Å². The van der Waals surface area contributed by atoms with Gasteiger partial charge in [-0.25, -0.2) is 18.2 Å². The number of fused-ring (bicyclic) bond motifs is 1. The van der Waals surface area contributed by atoms with Gasteiger partial charge in [-0.2, -0.15) is 5.10 Å². The van der Waals surface area contributed by atoms with Gasteiger partial charge in [-0.15, -0.1) is 0 Å². The molecule has 0 amide bonds. The standard InChI is InChI=1S/C22H18F3N5O2/c23-14-2-1-3-15(24)13(14)11-30-18-6-7-29(22(32)12(18)9-27-30)19-8-21(26-10-16(19)25)28-17-4-5-20(17)31/h1-3,6-10,17,20,31H,4-5,11H2,(H,26,28)/t17-,20-/m1/s1. The molecule has 4 aromatic rings. The highest BCUT2D eigenvalue weighted by Gasteiger charge is 2.29. The van der Waals surface area contributed by atoms with Gasteiger partial charge in [0.05, 0.1) is 47.7 Å². The van der Waals surface area contributed by atoms with Crippen molar-refractivity contribution in [3.8, 4) is 5.69 Å². The number of hydrogen-bond donors (Lipinski definition) is 2. The molecule has 0 radical (unpaired) electrons. The number of pyridine rings is 2. The number of aliphatic hydroxyl groups is 1. The summed E-state index contributed by atoms with van der Waals surface area (Å²) < 4.78 is 45.0. The van der Waals surface area contributed by atoms with Crippen LogP contribution in [0, 0.1) is 17.5 Å². The zero-order valence-corrected chi connectivity index (χ0v) is 16.7. The highest BCUT2D eigenvalue weighted by Crippen LogP contribution is 2.25. The second kappa shape index (κ2) is 7.79. The third-order valence-corrected chi connectivity index (χ3v) is 5.75. The van der Waals surface area contributed by atoms with Crippen LogP contribution in [0.3, 0.4) is 0 Å². The lowest BCUT2D eigenvalue weighted by Crippen LogP contribution is -2.42. The van der Waals surface area contributed by atoms with Gasteiger partial charge in [-0.05, 0) is 31.0 Å². The summed E-state index contributed by atoms with van der Waals surface area (Å²) in [7, 11) is 0. The van der Waals surface area contributed by atoms with E-state index in [9.17, 15) is 23.1 Å². The number of aliphatic hydroxyl groups excluding tert-OH is 1. The molecule has 32 heavy (non-hydrogen) atoms. The van der Waals surface area contributed by atoms with Gasteiger partial charge in [0.25, 0.3) is 5.56 Å². The highest BCUT2D eigenvalue weighted by atomic mass is 19.1. The van der Waals surface area contributed by atoms with Crippen molar-refractivity contribution in [1.29, 1.82) is 0 Å². The number of anilines is 1. The average Bonchev–Trinajstić information content (AvgIpc) is 3.19. The maximum absolute atomic E-state index is 14.5. The molecule has 0 spiro atoms. The number of halogens is 3. The van der Waals surface area contributed by atoms with Crippen molar-refractivity contribution in [2.45, 2.75) is 31.5 Å². The lowest BCUT2D eigenvalue weighted by atomic mass is 9.89. The summed E-state index contributed by atoms with van der Waals surface area (Å²) in [4.78, 5) is 17.0. The van der Waals surface area contributed by atoms with Crippen LogP contribution in [0.15, 0.2) is 53.7 Å². The van der Waals surface area contributed by atoms with Gasteiger partial charge in [0.1, 0.15) is 17.5 Å². The fourth-order valence-corrected chi connectivity index (χ4v) is 3.76. The van der Waals surface area contributed by atoms with Crippen molar-refractivity contribution >= 4 is 16.7 Å². The van der Waals surface area contributed by atoms with Crippen molar-refractivity contribution in [2.75, 3.05) is 5.32 Å². The van der Waals surface area contributed by atoms with Crippen LogP contribution in [0.4, 0.5) is 19.0 Å². The van der Waals surface area contributed by atoms with E-state index >= 15 is 0 Å². The van der Waals surface area contributed by atoms with Crippen LogP contribution < -0.4 is 10.9 Å². The minimum Gasteiger partial charge on any atom is -0.391 e. The van der Waals surface area contributed by atoms with Crippen molar-refractivity contribution < 1.29 is 18.3 Å². The van der Waals surface area contributed by atoms with Crippen LogP contribution in [-0.2, 0) is 6.54 Å². The van der Waals surface area contributed by atoms with Gasteiger partial charge >= 0.3 is 0 Å². The molecule has 1 aliphatic rings. The van der Waals surface area contributed by atoms with Crippen LogP contribution in [0.5, 0.6) is 0 Å². The Hall–Kier alpha value is -3.66. The van der Waals surface area contributed by atoms with E-state index < -0.39 is 29.1 Å². The predicted molar refractivity (Wildman–Crippen MR) is 111 cm³/mol. The molecule has 2 N–H and O–H groups in total. The fourth-order valence-electron chi connectivity index (χ4n) is 3.76. The van der Waals surface area contributed by atoms with E-state index in [0.29, 0.717) is 17.8 Å². The van der Waals surface area contributed by atoms with Crippen LogP contribution in [0.2, 0.25) is 0 Å². The van der Waals surface area contributed by atoms with Gasteiger partial charge in [0.15, 0.2) is 5.82 Å². The zero-order valence-electron chi connectivity index (χ0n) is 16.7. The molecule has 1 aliphatic carbocycles. The molecule has 0 unspecified atom stereocenters. The molecule has 7 nitrogen and oxygen atoms in total. The predicted octanol–water partition coefficient (Wildman–Crippen LogP) is 2.98. The molecule has 3 heterocycles. The first-order chi connectivity index (χ1) is 15.4. The number of nitrogens with one attached hydrogen (secondary N) is 1. The lowest BCUT2D eigenvalue weighted by Gasteiger charge is -2.33. The maximum Gasteiger partial charge on any atom is 0.266 e. The quantitative estimate of drug-likeness (QED) is 0.498. The van der Waals surface area contributed by atoms with Crippen molar-refractivity contribution in [2.24, 2.45) is 0 Å². The highest BCUT2D eigenvalue weighted by molar-refractivity contribution is 5.78. The molecule has 0 bridgehead atoms. The maximum atomic E-state index is 14.5. The molecule has 1 fully saturated rings. The van der Waals surface area contributed by atoms with Crippen LogP contribution in [-0.4, -0.2) is 36.6 Å². The first kappa shape index (κ1) is 20.3. The summed E-state index contributed by atoms with van der Waals surface area (Å²) in [6, 6.07) is 6.33. The SMILES string of the molecule is O=c1c2cnn(Cc3c(F)cccc3F)c2ccn1-c1cc(N[C@@H]2CC[C@H]2O)ncc1F. The van der Waals surface area contributed by atoms with E-state index in [4.69, 9.17) is 0 Å². The Labute approximate surface area is 179 Å². The summed E-state index contributed by atoms with van der Waals surface area (Å²) in [5.74, 6) is -1.79. The molecular weight excluding hydrogens is 423 g/mol. The van der Waals surface area contributed by atoms with Crippen LogP contribution in [0.1, 0.15) is 18.4 Å². The lowest BCUT2D eigenvalue weighted by molar-refractivity contribution is 0.0784. The molecule has 3 aromatic heterocycles. The molecule has 1 aromatic carbocycles. The van der Waals surface area contributed by atoms with E-state index in [-0.39, 0.29) is 29.2 Å². The first-order valence-electron chi connectivity index (χ1n) is 10.0. The topological polar surface area (TPSA) is 85.0 Å². The average molecular weight is 441 g/mol. The Kier molecular flexibility index (Phi) is 4.93. The Balaban J connectivity index is 1.52. The van der Waals surface area contributed by atoms with Gasteiger partial charge in [-0.3, -0.25) is 14.0 Å². The second-order valence-corrected chi connectivity index (χ2v) is 7.71. The zero-order chi connectivity index (χ0) is 22.4. The first-order valence-corrected chi connectivity index (χ1v) is 10.0. The minimum absolute atomic E-state index is 0.0175. The Morgan fingerprint density at radius 3 is 2.56 bits per heavy atom. The van der Waals surface area contributed by atoms with Gasteiger partial charge in [0.2, 0.25) is 0 Å². The monoisotopic (exact) mass is 441 g/mol. The van der Waals surface area contributed by atoms with Crippen LogP contribution in [0.25, 0.3) is 16.6 Å². The number of benzene rings is 1. The molecule has 5 rings (SSSR count). The van der Waals surface area contributed by atoms with E-state index in [0.717, 1.165) is 29.3 Å². The molecule has 2 atom stereocenters. The molecule has 0 saturated heterocycles. The Morgan fingerprint density at radius 1 is 1.09 bits per heavy atom. The molecule has 164 valence electrons. The molecule has 1 saturated carbocycles. The summed E-state index contributed by atoms with van der Waals surface area (Å²) in [6.07, 6.45) is 4.63. The van der Waals surface area contributed by atoms with E-state index in [1.807, 2.05) is 0 Å². The largest absolute Gasteiger partial charge is 0.391 e. The normalized spacial score (nSPS) is 18.0. The van der Waals surface area contributed by atoms with Gasteiger partial charge in [0, 0.05) is 17.8 Å². The Bertz CT molecular complexity index is 1360. The molecule has 10 heteroatoms. The van der Waals surface area contributed by atoms with Gasteiger partial charge < -0.3 is 10.4 Å². The minimum atomic E-state index is -0.711. The number of nitrogens with zero attached hydrogens (tertiary/aromatic N) is 4. The third-order valence-electron chi connectivity index (χ3n) is 5.75. The fraction of sp³-hybridized carbons (Fsp3) is 0.227. The van der Waals surface area contributed by atoms with Gasteiger partial charge in [-0.1, -0.05) is 6.07 Å². The number of aromatic nitrogens is 4. The summed E-state index contributed by atoms with van der Waals surface area (Å²) >= 11 is 0. The summed E-state index contributed by atoms with van der Waals surface area (Å²) in [5, 5.41) is 17.0. The molecule has 0 aliphatic heterocycles. The summed E-state index contributed by atoms with van der Waals surface area (Å²) in [6.45, 7) is -0.202. The second-order valence-electron chi connectivity index (χ2n) is 7.71. The van der Waals surface area contributed by atoms with Crippen molar-refractivity contribution in [3.63, 3.8) is 0 Å². The molecular formula is C22H18F3N5O2. The van der Waals surface area contributed by atoms with Crippen molar-refractivity contribution in [1.82, 2.24) is 19.3 Å². The van der Waals surface area contributed by atoms with E-state index in [2.05, 4.69) is 15.4 Å². The number of rotatable bonds is 5. The smallest absolute Gasteiger partial charge is 0.266 e. The third kappa shape index (κ3) is 3.42. The number of hydrogen-bond acceptors (Lipinski definition) is 5. The summed E-state index contributed by atoms with van der Waals surface area (Å²) in [5.41, 5.74) is -0.367. The van der Waals surface area contributed by atoms with Crippen LogP contribution >= 0.6 is 0 Å². The Morgan fingerprint density at radius 2 is 1.88 bits per heavy atom. The van der Waals surface area contributed by atoms with Crippen molar-refractivity contribution in [3.05, 3.63) is 82.3 Å². The van der Waals surface area contributed by atoms with E-state index in [1.165, 1.54) is 35.3 Å².